The van der Waals surface area contributed by atoms with Crippen LogP contribution >= 0.6 is 11.6 Å². The zero-order valence-corrected chi connectivity index (χ0v) is 34.1. The van der Waals surface area contributed by atoms with Crippen molar-refractivity contribution in [1.29, 1.82) is 0 Å². The number of rotatable bonds is 7. The van der Waals surface area contributed by atoms with Crippen LogP contribution in [-0.2, 0) is 9.59 Å². The van der Waals surface area contributed by atoms with Crippen LogP contribution in [-0.4, -0.2) is 122 Å². The molecule has 13 nitrogen and oxygen atoms in total. The molecular weight excluding hydrogens is 768 g/mol. The fraction of sp³-hybridized carbons (Fsp3) is 0.467. The van der Waals surface area contributed by atoms with E-state index in [2.05, 4.69) is 48.8 Å². The van der Waals surface area contributed by atoms with Gasteiger partial charge < -0.3 is 19.6 Å². The third kappa shape index (κ3) is 7.42. The molecular formula is C45H49ClN8O5. The molecule has 3 atom stereocenters. The Bertz CT molecular complexity index is 2240. The van der Waals surface area contributed by atoms with Crippen molar-refractivity contribution in [3.63, 3.8) is 0 Å². The van der Waals surface area contributed by atoms with Crippen LogP contribution in [0.25, 0.3) is 4.85 Å². The smallest absolute Gasteiger partial charge is 0.262 e. The fourth-order valence-electron chi connectivity index (χ4n) is 10.4. The zero-order valence-electron chi connectivity index (χ0n) is 33.4. The first-order valence-electron chi connectivity index (χ1n) is 20.9. The van der Waals surface area contributed by atoms with E-state index in [1.807, 2.05) is 41.3 Å². The monoisotopic (exact) mass is 816 g/mol. The van der Waals surface area contributed by atoms with Gasteiger partial charge in [-0.25, -0.2) is 4.85 Å². The summed E-state index contributed by atoms with van der Waals surface area (Å²) in [5.41, 5.74) is 5.18. The van der Waals surface area contributed by atoms with Crippen LogP contribution in [0.2, 0.25) is 5.02 Å². The lowest BCUT2D eigenvalue weighted by Gasteiger charge is -2.40. The molecule has 5 amide bonds. The molecule has 0 aromatic heterocycles. The lowest BCUT2D eigenvalue weighted by Crippen LogP contribution is -2.54. The van der Waals surface area contributed by atoms with Gasteiger partial charge in [-0.2, -0.15) is 0 Å². The quantitative estimate of drug-likeness (QED) is 0.245. The van der Waals surface area contributed by atoms with Gasteiger partial charge in [-0.05, 0) is 105 Å². The van der Waals surface area contributed by atoms with Crippen LogP contribution in [0, 0.1) is 17.9 Å². The molecule has 5 saturated heterocycles. The van der Waals surface area contributed by atoms with Gasteiger partial charge in [0.05, 0.1) is 17.7 Å². The average Bonchev–Trinajstić information content (AvgIpc) is 3.91. The van der Waals surface area contributed by atoms with Gasteiger partial charge in [-0.3, -0.25) is 39.1 Å². The van der Waals surface area contributed by atoms with Gasteiger partial charge in [0, 0.05) is 106 Å². The number of amides is 5. The minimum atomic E-state index is -0.979. The molecule has 6 heterocycles. The number of nitrogens with zero attached hydrogens (tertiary/aromatic N) is 7. The highest BCUT2D eigenvalue weighted by Crippen LogP contribution is 2.46. The summed E-state index contributed by atoms with van der Waals surface area (Å²) in [6.07, 6.45) is 4.55. The number of fused-ring (bicyclic) bond motifs is 1. The predicted molar refractivity (Wildman–Crippen MR) is 225 cm³/mol. The number of carbonyl (C=O) groups is 5. The number of piperidine rings is 2. The Balaban J connectivity index is 0.733. The number of likely N-dealkylation sites (tertiary alicyclic amines) is 1. The first-order valence-corrected chi connectivity index (χ1v) is 21.3. The largest absolute Gasteiger partial charge is 0.371 e. The maximum atomic E-state index is 13.6. The first kappa shape index (κ1) is 39.0. The van der Waals surface area contributed by atoms with E-state index in [-0.39, 0.29) is 29.7 Å². The van der Waals surface area contributed by atoms with Gasteiger partial charge in [-0.1, -0.05) is 17.7 Å². The van der Waals surface area contributed by atoms with E-state index >= 15 is 0 Å². The lowest BCUT2D eigenvalue weighted by molar-refractivity contribution is -0.136. The Morgan fingerprint density at radius 3 is 2.24 bits per heavy atom. The van der Waals surface area contributed by atoms with E-state index in [1.54, 1.807) is 12.1 Å². The molecule has 1 unspecified atom stereocenters. The Morgan fingerprint density at radius 1 is 0.831 bits per heavy atom. The third-order valence-electron chi connectivity index (χ3n) is 13.7. The topological polar surface area (TPSA) is 121 Å². The average molecular weight is 817 g/mol. The van der Waals surface area contributed by atoms with Gasteiger partial charge in [0.1, 0.15) is 6.04 Å². The number of benzene rings is 3. The molecule has 3 aromatic carbocycles. The second kappa shape index (κ2) is 15.6. The van der Waals surface area contributed by atoms with Gasteiger partial charge in [0.2, 0.25) is 17.5 Å². The number of nitrogens with one attached hydrogen (secondary N) is 1. The number of halogens is 1. The molecule has 6 aliphatic heterocycles. The SMILES string of the molecule is [C-]#[N+]c1ccc(N2CC3(CCN(c4ccc(C(=O)N5CC[C@@H](CN6CCN(c7ccc8c(c7)C(=O)N(C7CCC(=O)NC7=O)C8=O)CC6)C5)cc4)CC3)C[C@@H]2C)cc1Cl. The number of hydrogen-bond acceptors (Lipinski definition) is 9. The summed E-state index contributed by atoms with van der Waals surface area (Å²) in [5.74, 6) is -1.51. The molecule has 0 bridgehead atoms. The van der Waals surface area contributed by atoms with Crippen LogP contribution in [0.1, 0.15) is 76.5 Å². The molecule has 0 radical (unpaired) electrons. The zero-order chi connectivity index (χ0) is 41.0. The minimum Gasteiger partial charge on any atom is -0.371 e. The van der Waals surface area contributed by atoms with Gasteiger partial charge >= 0.3 is 0 Å². The van der Waals surface area contributed by atoms with Crippen molar-refractivity contribution in [2.75, 3.05) is 80.1 Å². The van der Waals surface area contributed by atoms with E-state index < -0.39 is 29.7 Å². The van der Waals surface area contributed by atoms with Crippen LogP contribution in [0.4, 0.5) is 22.7 Å². The van der Waals surface area contributed by atoms with E-state index in [1.165, 1.54) is 0 Å². The van der Waals surface area contributed by atoms with Crippen molar-refractivity contribution in [3.05, 3.63) is 93.8 Å². The molecule has 5 fully saturated rings. The van der Waals surface area contributed by atoms with Crippen LogP contribution < -0.4 is 20.0 Å². The first-order chi connectivity index (χ1) is 28.5. The summed E-state index contributed by atoms with van der Waals surface area (Å²) < 4.78 is 0. The Labute approximate surface area is 349 Å². The van der Waals surface area contributed by atoms with Crippen LogP contribution in [0.3, 0.4) is 0 Å². The highest BCUT2D eigenvalue weighted by Gasteiger charge is 2.46. The summed E-state index contributed by atoms with van der Waals surface area (Å²) in [6.45, 7) is 18.2. The van der Waals surface area contributed by atoms with Crippen molar-refractivity contribution in [1.82, 2.24) is 20.0 Å². The van der Waals surface area contributed by atoms with Gasteiger partial charge in [0.15, 0.2) is 0 Å². The van der Waals surface area contributed by atoms with E-state index in [0.717, 1.165) is 119 Å². The maximum Gasteiger partial charge on any atom is 0.262 e. The minimum absolute atomic E-state index is 0.0881. The number of piperazine rings is 1. The normalized spacial score (nSPS) is 24.6. The van der Waals surface area contributed by atoms with Crippen molar-refractivity contribution >= 4 is 63.9 Å². The Morgan fingerprint density at radius 2 is 1.53 bits per heavy atom. The Hall–Kier alpha value is -5.45. The number of carbonyl (C=O) groups excluding carboxylic acids is 5. The summed E-state index contributed by atoms with van der Waals surface area (Å²) in [4.78, 5) is 80.3. The molecule has 1 N–H and O–H groups in total. The lowest BCUT2D eigenvalue weighted by atomic mass is 9.76. The van der Waals surface area contributed by atoms with Crippen molar-refractivity contribution < 1.29 is 24.0 Å². The summed E-state index contributed by atoms with van der Waals surface area (Å²) in [5, 5.41) is 2.76. The third-order valence-corrected chi connectivity index (χ3v) is 14.0. The van der Waals surface area contributed by atoms with E-state index in [0.29, 0.717) is 28.2 Å². The fourth-order valence-corrected chi connectivity index (χ4v) is 10.6. The highest BCUT2D eigenvalue weighted by atomic mass is 35.5. The second-order valence-electron chi connectivity index (χ2n) is 17.3. The molecule has 3 aromatic rings. The summed E-state index contributed by atoms with van der Waals surface area (Å²) in [6, 6.07) is 18.7. The molecule has 1 spiro atoms. The number of imide groups is 2. The van der Waals surface area contributed by atoms with Gasteiger partial charge in [0.25, 0.3) is 17.7 Å². The molecule has 6 aliphatic rings. The molecule has 59 heavy (non-hydrogen) atoms. The predicted octanol–water partition coefficient (Wildman–Crippen LogP) is 5.46. The molecule has 306 valence electrons. The van der Waals surface area contributed by atoms with Crippen molar-refractivity contribution in [3.8, 4) is 0 Å². The number of anilines is 3. The maximum absolute atomic E-state index is 13.6. The highest BCUT2D eigenvalue weighted by molar-refractivity contribution is 6.33. The van der Waals surface area contributed by atoms with Crippen LogP contribution in [0.5, 0.6) is 0 Å². The van der Waals surface area contributed by atoms with Gasteiger partial charge in [-0.15, -0.1) is 0 Å². The standard InChI is InChI=1S/C45H49ClN8O5/c1-29-25-45(28-53(29)34-8-10-38(47-2)37(46)24-34)14-17-50(18-15-45)32-5-3-31(4-6-32)42(57)52-16-13-30(27-52)26-49-19-21-51(22-20-49)33-7-9-35-36(23-33)44(59)54(43(35)58)39-11-12-40(55)48-41(39)56/h3-10,23-24,29-30,39H,11-22,25-28H2,1H3,(H,48,55,56)/t29-,30-,39?/m0/s1. The second-order valence-corrected chi connectivity index (χ2v) is 17.7. The van der Waals surface area contributed by atoms with Crippen LogP contribution in [0.15, 0.2) is 60.7 Å². The molecule has 0 aliphatic carbocycles. The molecule has 14 heteroatoms. The molecule has 9 rings (SSSR count). The summed E-state index contributed by atoms with van der Waals surface area (Å²) in [7, 11) is 0. The van der Waals surface area contributed by atoms with Crippen molar-refractivity contribution in [2.24, 2.45) is 11.3 Å². The number of hydrogen-bond donors (Lipinski definition) is 1. The van der Waals surface area contributed by atoms with E-state index in [4.69, 9.17) is 18.2 Å². The van der Waals surface area contributed by atoms with Crippen molar-refractivity contribution in [2.45, 2.75) is 57.5 Å². The summed E-state index contributed by atoms with van der Waals surface area (Å²) >= 11 is 6.39. The molecule has 0 saturated carbocycles. The Kier molecular flexibility index (Phi) is 10.3. The van der Waals surface area contributed by atoms with E-state index in [9.17, 15) is 24.0 Å².